The number of urea groups is 1. The van der Waals surface area contributed by atoms with Crippen LogP contribution in [-0.2, 0) is 0 Å². The van der Waals surface area contributed by atoms with Crippen molar-refractivity contribution in [2.75, 3.05) is 0 Å². The van der Waals surface area contributed by atoms with Gasteiger partial charge in [-0.15, -0.1) is 0 Å². The number of alkyl halides is 2. The van der Waals surface area contributed by atoms with Crippen LogP contribution >= 0.6 is 0 Å². The molecule has 0 aliphatic rings. The molecule has 0 saturated heterocycles. The fourth-order valence-electron chi connectivity index (χ4n) is 1.04. The molecule has 0 atom stereocenters. The molecule has 8 heteroatoms. The Balaban J connectivity index is 2.81. The van der Waals surface area contributed by atoms with Gasteiger partial charge in [-0.2, -0.15) is 8.78 Å². The summed E-state index contributed by atoms with van der Waals surface area (Å²) in [7, 11) is 0. The number of nitrogens with one attached hydrogen (secondary N) is 2. The van der Waals surface area contributed by atoms with Crippen LogP contribution in [0.1, 0.15) is 10.4 Å². The molecule has 17 heavy (non-hydrogen) atoms. The van der Waals surface area contributed by atoms with Gasteiger partial charge in [0, 0.05) is 0 Å². The van der Waals surface area contributed by atoms with Crippen molar-refractivity contribution in [3.05, 3.63) is 29.8 Å². The van der Waals surface area contributed by atoms with Crippen molar-refractivity contribution in [2.45, 2.75) is 6.61 Å². The molecule has 6 nitrogen and oxygen atoms in total. The standard InChI is InChI=1S/C9H9F2N3O3/c10-8(11)17-6-4-2-1-3-5(6)7(15)13-14-9(12)16/h1-4,8H,(H,13,15)(H3,12,14,16). The van der Waals surface area contributed by atoms with Crippen molar-refractivity contribution >= 4 is 11.9 Å². The summed E-state index contributed by atoms with van der Waals surface area (Å²) in [6.45, 7) is -3.05. The van der Waals surface area contributed by atoms with Gasteiger partial charge >= 0.3 is 12.6 Å². The Morgan fingerprint density at radius 3 is 2.47 bits per heavy atom. The van der Waals surface area contributed by atoms with E-state index in [1.54, 1.807) is 0 Å². The molecule has 0 unspecified atom stereocenters. The van der Waals surface area contributed by atoms with E-state index in [2.05, 4.69) is 4.74 Å². The summed E-state index contributed by atoms with van der Waals surface area (Å²) in [5, 5.41) is 0. The Labute approximate surface area is 94.7 Å². The maximum atomic E-state index is 12.0. The maximum Gasteiger partial charge on any atom is 0.387 e. The molecule has 0 spiro atoms. The molecule has 0 heterocycles. The number of carbonyl (C=O) groups excluding carboxylic acids is 2. The average Bonchev–Trinajstić information content (AvgIpc) is 2.25. The molecular formula is C9H9F2N3O3. The monoisotopic (exact) mass is 245 g/mol. The molecule has 3 amide bonds. The molecule has 1 aromatic rings. The second-order valence-corrected chi connectivity index (χ2v) is 2.82. The molecular weight excluding hydrogens is 236 g/mol. The predicted molar refractivity (Wildman–Crippen MR) is 53.3 cm³/mol. The second kappa shape index (κ2) is 5.64. The van der Waals surface area contributed by atoms with Gasteiger partial charge in [0.25, 0.3) is 5.91 Å². The van der Waals surface area contributed by atoms with Crippen molar-refractivity contribution < 1.29 is 23.1 Å². The van der Waals surface area contributed by atoms with Crippen molar-refractivity contribution in [3.63, 3.8) is 0 Å². The van der Waals surface area contributed by atoms with E-state index in [-0.39, 0.29) is 11.3 Å². The summed E-state index contributed by atoms with van der Waals surface area (Å²) < 4.78 is 28.2. The number of hydrogen-bond acceptors (Lipinski definition) is 3. The molecule has 0 saturated carbocycles. The van der Waals surface area contributed by atoms with E-state index in [0.717, 1.165) is 0 Å². The van der Waals surface area contributed by atoms with Gasteiger partial charge in [-0.3, -0.25) is 10.2 Å². The largest absolute Gasteiger partial charge is 0.434 e. The van der Waals surface area contributed by atoms with Gasteiger partial charge in [0.05, 0.1) is 5.56 Å². The maximum absolute atomic E-state index is 12.0. The first-order valence-corrected chi connectivity index (χ1v) is 4.40. The SMILES string of the molecule is NC(=O)NNC(=O)c1ccccc1OC(F)F. The van der Waals surface area contributed by atoms with Crippen molar-refractivity contribution in [1.82, 2.24) is 10.9 Å². The molecule has 0 bridgehead atoms. The van der Waals surface area contributed by atoms with Crippen molar-refractivity contribution in [3.8, 4) is 5.75 Å². The quantitative estimate of drug-likeness (QED) is 0.681. The van der Waals surface area contributed by atoms with Gasteiger partial charge < -0.3 is 10.5 Å². The summed E-state index contributed by atoms with van der Waals surface area (Å²) in [6, 6.07) is 4.36. The van der Waals surface area contributed by atoms with Crippen LogP contribution in [0.2, 0.25) is 0 Å². The van der Waals surface area contributed by atoms with E-state index >= 15 is 0 Å². The van der Waals surface area contributed by atoms with Crippen LogP contribution in [-0.4, -0.2) is 18.5 Å². The van der Waals surface area contributed by atoms with Crippen LogP contribution in [0.15, 0.2) is 24.3 Å². The number of ether oxygens (including phenoxy) is 1. The third-order valence-electron chi connectivity index (χ3n) is 1.65. The van der Waals surface area contributed by atoms with E-state index in [4.69, 9.17) is 5.73 Å². The van der Waals surface area contributed by atoms with Crippen LogP contribution in [0.4, 0.5) is 13.6 Å². The number of halogens is 2. The highest BCUT2D eigenvalue weighted by atomic mass is 19.3. The minimum absolute atomic E-state index is 0.151. The van der Waals surface area contributed by atoms with Gasteiger partial charge in [0.2, 0.25) is 0 Å². The number of nitrogens with two attached hydrogens (primary N) is 1. The number of rotatable bonds is 3. The van der Waals surface area contributed by atoms with Gasteiger partial charge in [-0.05, 0) is 12.1 Å². The number of benzene rings is 1. The molecule has 0 aromatic heterocycles. The van der Waals surface area contributed by atoms with Crippen LogP contribution in [0, 0.1) is 0 Å². The van der Waals surface area contributed by atoms with Crippen molar-refractivity contribution in [1.29, 1.82) is 0 Å². The second-order valence-electron chi connectivity index (χ2n) is 2.82. The van der Waals surface area contributed by atoms with Crippen LogP contribution < -0.4 is 21.3 Å². The highest BCUT2D eigenvalue weighted by Gasteiger charge is 2.15. The third kappa shape index (κ3) is 3.93. The summed E-state index contributed by atoms with van der Waals surface area (Å²) in [4.78, 5) is 21.8. The Bertz CT molecular complexity index is 426. The normalized spacial score (nSPS) is 9.82. The molecule has 1 rings (SSSR count). The van der Waals surface area contributed by atoms with Gasteiger partial charge in [-0.1, -0.05) is 12.1 Å². The van der Waals surface area contributed by atoms with E-state index < -0.39 is 18.5 Å². The number of hydrogen-bond donors (Lipinski definition) is 3. The highest BCUT2D eigenvalue weighted by molar-refractivity contribution is 5.97. The highest BCUT2D eigenvalue weighted by Crippen LogP contribution is 2.19. The summed E-state index contributed by atoms with van der Waals surface area (Å²) in [5.74, 6) is -1.12. The summed E-state index contributed by atoms with van der Waals surface area (Å²) in [6.07, 6.45) is 0. The fourth-order valence-corrected chi connectivity index (χ4v) is 1.04. The number of hydrazine groups is 1. The lowest BCUT2D eigenvalue weighted by molar-refractivity contribution is -0.0501. The number of carbonyl (C=O) groups is 2. The number of amides is 3. The minimum atomic E-state index is -3.05. The predicted octanol–water partition coefficient (Wildman–Crippen LogP) is 0.601. The Morgan fingerprint density at radius 1 is 1.24 bits per heavy atom. The third-order valence-corrected chi connectivity index (χ3v) is 1.65. The molecule has 0 radical (unpaired) electrons. The molecule has 1 aromatic carbocycles. The molecule has 4 N–H and O–H groups in total. The lowest BCUT2D eigenvalue weighted by Crippen LogP contribution is -2.44. The smallest absolute Gasteiger partial charge is 0.387 e. The van der Waals surface area contributed by atoms with Crippen LogP contribution in [0.5, 0.6) is 5.75 Å². The minimum Gasteiger partial charge on any atom is -0.434 e. The summed E-state index contributed by atoms with van der Waals surface area (Å²) >= 11 is 0. The van der Waals surface area contributed by atoms with E-state index in [0.29, 0.717) is 0 Å². The lowest BCUT2D eigenvalue weighted by atomic mass is 10.2. The zero-order chi connectivity index (χ0) is 12.8. The Kier molecular flexibility index (Phi) is 4.21. The van der Waals surface area contributed by atoms with E-state index in [9.17, 15) is 18.4 Å². The lowest BCUT2D eigenvalue weighted by Gasteiger charge is -2.10. The molecule has 0 aliphatic carbocycles. The van der Waals surface area contributed by atoms with Crippen molar-refractivity contribution in [2.24, 2.45) is 5.73 Å². The summed E-state index contributed by atoms with van der Waals surface area (Å²) in [5.41, 5.74) is 8.31. The molecule has 0 aliphatic heterocycles. The first-order chi connectivity index (χ1) is 8.00. The van der Waals surface area contributed by atoms with Crippen LogP contribution in [0.25, 0.3) is 0 Å². The van der Waals surface area contributed by atoms with Gasteiger partial charge in [-0.25, -0.2) is 10.2 Å². The average molecular weight is 245 g/mol. The zero-order valence-corrected chi connectivity index (χ0v) is 8.44. The van der Waals surface area contributed by atoms with Gasteiger partial charge in [0.1, 0.15) is 5.75 Å². The Morgan fingerprint density at radius 2 is 1.88 bits per heavy atom. The van der Waals surface area contributed by atoms with Crippen LogP contribution in [0.3, 0.4) is 0 Å². The number of para-hydroxylation sites is 1. The fraction of sp³-hybridized carbons (Fsp3) is 0.111. The topological polar surface area (TPSA) is 93.5 Å². The molecule has 92 valence electrons. The first kappa shape index (κ1) is 12.7. The first-order valence-electron chi connectivity index (χ1n) is 4.40. The van der Waals surface area contributed by atoms with E-state index in [1.807, 2.05) is 10.9 Å². The Hall–Kier alpha value is -2.38. The molecule has 0 fully saturated rings. The van der Waals surface area contributed by atoms with E-state index in [1.165, 1.54) is 24.3 Å². The zero-order valence-electron chi connectivity index (χ0n) is 8.44. The number of primary amides is 1. The van der Waals surface area contributed by atoms with Gasteiger partial charge in [0.15, 0.2) is 0 Å².